The first-order valence-corrected chi connectivity index (χ1v) is 4.52. The molecule has 0 aliphatic rings. The molecule has 0 atom stereocenters. The van der Waals surface area contributed by atoms with Gasteiger partial charge in [-0.3, -0.25) is 0 Å². The molecule has 0 aromatic carbocycles. The van der Waals surface area contributed by atoms with E-state index >= 15 is 0 Å². The fourth-order valence-electron chi connectivity index (χ4n) is 1.08. The van der Waals surface area contributed by atoms with Crippen molar-refractivity contribution in [1.82, 2.24) is 4.98 Å². The number of nitrogens with zero attached hydrogens (tertiary/aromatic N) is 5. The summed E-state index contributed by atoms with van der Waals surface area (Å²) < 4.78 is 0. The molecule has 7 nitrogen and oxygen atoms in total. The summed E-state index contributed by atoms with van der Waals surface area (Å²) in [6.45, 7) is 0.334. The normalized spacial score (nSPS) is 10.0. The molecule has 1 aromatic heterocycles. The maximum absolute atomic E-state index is 10.6. The zero-order chi connectivity index (χ0) is 11.8. The molecule has 1 rings (SSSR count). The Morgan fingerprint density at radius 1 is 1.69 bits per heavy atom. The van der Waals surface area contributed by atoms with E-state index in [2.05, 4.69) is 15.0 Å². The van der Waals surface area contributed by atoms with Gasteiger partial charge < -0.3 is 10.1 Å². The number of hydrogen-bond acceptors (Lipinski definition) is 4. The summed E-state index contributed by atoms with van der Waals surface area (Å²) >= 11 is 0. The lowest BCUT2D eigenvalue weighted by Gasteiger charge is -1.95. The first-order valence-electron chi connectivity index (χ1n) is 4.52. The Hall–Kier alpha value is -2.40. The minimum atomic E-state index is -0.535. The fourth-order valence-corrected chi connectivity index (χ4v) is 1.08. The van der Waals surface area contributed by atoms with E-state index in [0.29, 0.717) is 18.5 Å². The highest BCUT2D eigenvalue weighted by atomic mass is 16.6. The first-order chi connectivity index (χ1) is 7.75. The van der Waals surface area contributed by atoms with Crippen molar-refractivity contribution in [3.63, 3.8) is 0 Å². The summed E-state index contributed by atoms with van der Waals surface area (Å²) in [7, 11) is 0. The highest BCUT2D eigenvalue weighted by Crippen LogP contribution is 2.15. The van der Waals surface area contributed by atoms with Crippen LogP contribution in [0.2, 0.25) is 0 Å². The van der Waals surface area contributed by atoms with E-state index in [4.69, 9.17) is 5.53 Å². The third-order valence-electron chi connectivity index (χ3n) is 1.75. The average Bonchev–Trinajstić information content (AvgIpc) is 2.29. The Bertz CT molecular complexity index is 451. The summed E-state index contributed by atoms with van der Waals surface area (Å²) in [6, 6.07) is 3.23. The van der Waals surface area contributed by atoms with Gasteiger partial charge in [-0.1, -0.05) is 17.3 Å². The van der Waals surface area contributed by atoms with E-state index in [9.17, 15) is 10.1 Å². The molecule has 0 unspecified atom stereocenters. The molecule has 0 saturated carbocycles. The Kier molecular flexibility index (Phi) is 4.49. The average molecular weight is 219 g/mol. The van der Waals surface area contributed by atoms with Crippen LogP contribution in [0.4, 0.5) is 5.82 Å². The smallest absolute Gasteiger partial charge is 0.358 e. The molecule has 82 valence electrons. The number of aromatic nitrogens is 1. The molecule has 0 aliphatic heterocycles. The Labute approximate surface area is 91.2 Å². The van der Waals surface area contributed by atoms with Gasteiger partial charge in [0.05, 0.1) is 5.56 Å². The van der Waals surface area contributed by atoms with Crippen LogP contribution in [0.5, 0.6) is 0 Å². The second kappa shape index (κ2) is 6.15. The van der Waals surface area contributed by atoms with Crippen molar-refractivity contribution in [2.75, 3.05) is 6.54 Å². The predicted octanol–water partition coefficient (Wildman–Crippen LogP) is 2.70. The van der Waals surface area contributed by atoms with Crippen LogP contribution in [0, 0.1) is 10.1 Å². The van der Waals surface area contributed by atoms with Crippen molar-refractivity contribution >= 4 is 11.9 Å². The van der Waals surface area contributed by atoms with Crippen molar-refractivity contribution in [2.45, 2.75) is 6.42 Å². The Morgan fingerprint density at radius 2 is 2.50 bits per heavy atom. The Balaban J connectivity index is 2.72. The van der Waals surface area contributed by atoms with Gasteiger partial charge in [-0.05, 0) is 34.0 Å². The maximum atomic E-state index is 10.6. The SMILES string of the molecule is [N-]=[N+]=NCCC=Cc1cccnc1[N+](=O)[O-]. The molecule has 1 heterocycles. The van der Waals surface area contributed by atoms with Crippen molar-refractivity contribution in [3.8, 4) is 0 Å². The van der Waals surface area contributed by atoms with Gasteiger partial charge in [-0.15, -0.1) is 0 Å². The van der Waals surface area contributed by atoms with E-state index < -0.39 is 4.92 Å². The molecular formula is C9H9N5O2. The van der Waals surface area contributed by atoms with Gasteiger partial charge in [-0.2, -0.15) is 0 Å². The largest absolute Gasteiger partial charge is 0.370 e. The molecule has 7 heteroatoms. The molecule has 0 fully saturated rings. The van der Waals surface area contributed by atoms with E-state index in [1.54, 1.807) is 24.3 Å². The summed E-state index contributed by atoms with van der Waals surface area (Å²) in [6.07, 6.45) is 5.21. The van der Waals surface area contributed by atoms with Crippen LogP contribution in [0.25, 0.3) is 16.5 Å². The molecule has 0 N–H and O–H groups in total. The molecular weight excluding hydrogens is 210 g/mol. The van der Waals surface area contributed by atoms with E-state index in [1.807, 2.05) is 0 Å². The topological polar surface area (TPSA) is 105 Å². The van der Waals surface area contributed by atoms with Gasteiger partial charge in [0.1, 0.15) is 6.20 Å². The van der Waals surface area contributed by atoms with E-state index in [-0.39, 0.29) is 5.82 Å². The van der Waals surface area contributed by atoms with E-state index in [1.165, 1.54) is 6.20 Å². The minimum absolute atomic E-state index is 0.178. The van der Waals surface area contributed by atoms with Crippen molar-refractivity contribution < 1.29 is 4.92 Å². The lowest BCUT2D eigenvalue weighted by molar-refractivity contribution is -0.389. The van der Waals surface area contributed by atoms with Gasteiger partial charge in [-0.25, -0.2) is 0 Å². The summed E-state index contributed by atoms with van der Waals surface area (Å²) in [5.74, 6) is -0.178. The van der Waals surface area contributed by atoms with Gasteiger partial charge in [0.25, 0.3) is 0 Å². The van der Waals surface area contributed by atoms with Gasteiger partial charge in [0.2, 0.25) is 0 Å². The first kappa shape index (κ1) is 11.7. The molecule has 0 aliphatic carbocycles. The highest BCUT2D eigenvalue weighted by Gasteiger charge is 2.10. The van der Waals surface area contributed by atoms with Gasteiger partial charge in [0.15, 0.2) is 0 Å². The molecule has 0 bridgehead atoms. The van der Waals surface area contributed by atoms with Crippen molar-refractivity contribution in [1.29, 1.82) is 0 Å². The highest BCUT2D eigenvalue weighted by molar-refractivity contribution is 5.57. The van der Waals surface area contributed by atoms with Crippen LogP contribution < -0.4 is 0 Å². The quantitative estimate of drug-likeness (QED) is 0.190. The summed E-state index contributed by atoms with van der Waals surface area (Å²) in [5.41, 5.74) is 8.47. The number of rotatable bonds is 5. The predicted molar refractivity (Wildman–Crippen MR) is 58.6 cm³/mol. The third kappa shape index (κ3) is 3.39. The molecule has 1 aromatic rings. The minimum Gasteiger partial charge on any atom is -0.358 e. The van der Waals surface area contributed by atoms with Crippen LogP contribution in [0.1, 0.15) is 12.0 Å². The number of azide groups is 1. The molecule has 16 heavy (non-hydrogen) atoms. The van der Waals surface area contributed by atoms with Crippen LogP contribution in [-0.4, -0.2) is 16.5 Å². The fraction of sp³-hybridized carbons (Fsp3) is 0.222. The van der Waals surface area contributed by atoms with Crippen molar-refractivity contribution in [2.24, 2.45) is 5.11 Å². The molecule has 0 saturated heterocycles. The van der Waals surface area contributed by atoms with E-state index in [0.717, 1.165) is 0 Å². The van der Waals surface area contributed by atoms with Crippen LogP contribution in [-0.2, 0) is 0 Å². The van der Waals surface area contributed by atoms with Crippen LogP contribution in [0.15, 0.2) is 29.5 Å². The Morgan fingerprint density at radius 3 is 3.19 bits per heavy atom. The number of hydrogen-bond donors (Lipinski definition) is 0. The monoisotopic (exact) mass is 219 g/mol. The summed E-state index contributed by atoms with van der Waals surface area (Å²) in [5, 5.41) is 13.9. The summed E-state index contributed by atoms with van der Waals surface area (Å²) in [4.78, 5) is 16.3. The maximum Gasteiger partial charge on any atom is 0.370 e. The lowest BCUT2D eigenvalue weighted by Crippen LogP contribution is -1.94. The zero-order valence-electron chi connectivity index (χ0n) is 8.35. The van der Waals surface area contributed by atoms with Gasteiger partial charge >= 0.3 is 5.82 Å². The standard InChI is InChI=1S/C9H9N5O2/c10-13-12-7-2-1-4-8-5-3-6-11-9(8)14(15)16/h1,3-6H,2,7H2. The molecule has 0 spiro atoms. The second-order valence-corrected chi connectivity index (χ2v) is 2.82. The van der Waals surface area contributed by atoms with Crippen molar-refractivity contribution in [3.05, 3.63) is 50.5 Å². The zero-order valence-corrected chi connectivity index (χ0v) is 8.35. The van der Waals surface area contributed by atoms with Gasteiger partial charge in [0, 0.05) is 11.5 Å². The second-order valence-electron chi connectivity index (χ2n) is 2.82. The molecule has 0 amide bonds. The van der Waals surface area contributed by atoms with Crippen LogP contribution >= 0.6 is 0 Å². The molecule has 0 radical (unpaired) electrons. The number of nitro groups is 1. The third-order valence-corrected chi connectivity index (χ3v) is 1.75. The number of pyridine rings is 1. The lowest BCUT2D eigenvalue weighted by atomic mass is 10.2. The van der Waals surface area contributed by atoms with Crippen LogP contribution in [0.3, 0.4) is 0 Å².